The molecular formula is C19H18N2O3. The lowest BCUT2D eigenvalue weighted by Gasteiger charge is -2.26. The third-order valence-electron chi connectivity index (χ3n) is 4.47. The number of fused-ring (bicyclic) bond motifs is 1. The van der Waals surface area contributed by atoms with Crippen LogP contribution in [0.2, 0.25) is 0 Å². The first-order chi connectivity index (χ1) is 11.8. The number of morpholine rings is 1. The maximum atomic E-state index is 11.0. The SMILES string of the molecule is Cc1ccc(C=O)cc1-c1ccc2c(N3CCOCC3)noc2c1. The lowest BCUT2D eigenvalue weighted by molar-refractivity contribution is 0.112. The molecule has 5 heteroatoms. The first-order valence-corrected chi connectivity index (χ1v) is 8.04. The number of anilines is 1. The molecular weight excluding hydrogens is 304 g/mol. The van der Waals surface area contributed by atoms with Crippen molar-refractivity contribution in [2.45, 2.75) is 6.92 Å². The average molecular weight is 322 g/mol. The molecule has 2 heterocycles. The molecule has 4 rings (SSSR count). The van der Waals surface area contributed by atoms with Gasteiger partial charge in [-0.1, -0.05) is 23.4 Å². The van der Waals surface area contributed by atoms with E-state index in [4.69, 9.17) is 9.26 Å². The maximum absolute atomic E-state index is 11.0. The summed E-state index contributed by atoms with van der Waals surface area (Å²) in [6, 6.07) is 11.8. The molecule has 24 heavy (non-hydrogen) atoms. The summed E-state index contributed by atoms with van der Waals surface area (Å²) in [4.78, 5) is 13.2. The second-order valence-electron chi connectivity index (χ2n) is 6.01. The van der Waals surface area contributed by atoms with Crippen LogP contribution in [-0.4, -0.2) is 37.7 Å². The van der Waals surface area contributed by atoms with E-state index < -0.39 is 0 Å². The van der Waals surface area contributed by atoms with Crippen molar-refractivity contribution in [3.63, 3.8) is 0 Å². The molecule has 0 radical (unpaired) electrons. The fourth-order valence-electron chi connectivity index (χ4n) is 3.12. The number of carbonyl (C=O) groups is 1. The topological polar surface area (TPSA) is 55.6 Å². The molecule has 122 valence electrons. The average Bonchev–Trinajstić information content (AvgIpc) is 3.06. The van der Waals surface area contributed by atoms with E-state index in [0.717, 1.165) is 52.9 Å². The molecule has 1 aliphatic rings. The molecule has 3 aromatic rings. The normalized spacial score (nSPS) is 15.0. The minimum absolute atomic E-state index is 0.669. The van der Waals surface area contributed by atoms with Gasteiger partial charge in [0.25, 0.3) is 0 Å². The van der Waals surface area contributed by atoms with Crippen LogP contribution in [0, 0.1) is 6.92 Å². The molecule has 1 fully saturated rings. The van der Waals surface area contributed by atoms with Gasteiger partial charge in [0, 0.05) is 18.7 Å². The quantitative estimate of drug-likeness (QED) is 0.691. The summed E-state index contributed by atoms with van der Waals surface area (Å²) in [5.41, 5.74) is 4.60. The van der Waals surface area contributed by atoms with Gasteiger partial charge in [0.2, 0.25) is 0 Å². The van der Waals surface area contributed by atoms with Crippen LogP contribution in [0.25, 0.3) is 22.1 Å². The van der Waals surface area contributed by atoms with Gasteiger partial charge in [0.05, 0.1) is 18.6 Å². The van der Waals surface area contributed by atoms with Crippen molar-refractivity contribution in [2.24, 2.45) is 0 Å². The van der Waals surface area contributed by atoms with Crippen LogP contribution in [0.1, 0.15) is 15.9 Å². The Morgan fingerprint density at radius 3 is 2.75 bits per heavy atom. The number of aryl methyl sites for hydroxylation is 1. The Morgan fingerprint density at radius 2 is 1.96 bits per heavy atom. The zero-order valence-corrected chi connectivity index (χ0v) is 13.5. The van der Waals surface area contributed by atoms with Crippen molar-refractivity contribution in [1.82, 2.24) is 5.16 Å². The summed E-state index contributed by atoms with van der Waals surface area (Å²) in [5, 5.41) is 5.25. The fraction of sp³-hybridized carbons (Fsp3) is 0.263. The summed E-state index contributed by atoms with van der Waals surface area (Å²) in [7, 11) is 0. The minimum atomic E-state index is 0.669. The molecule has 2 aromatic carbocycles. The molecule has 0 unspecified atom stereocenters. The Hall–Kier alpha value is -2.66. The van der Waals surface area contributed by atoms with Gasteiger partial charge in [-0.3, -0.25) is 4.79 Å². The van der Waals surface area contributed by atoms with E-state index in [0.29, 0.717) is 18.8 Å². The van der Waals surface area contributed by atoms with Crippen molar-refractivity contribution in [3.8, 4) is 11.1 Å². The van der Waals surface area contributed by atoms with Crippen molar-refractivity contribution in [2.75, 3.05) is 31.2 Å². The molecule has 1 aliphatic heterocycles. The van der Waals surface area contributed by atoms with Crippen molar-refractivity contribution >= 4 is 23.1 Å². The lowest BCUT2D eigenvalue weighted by Crippen LogP contribution is -2.36. The third kappa shape index (κ3) is 2.57. The molecule has 0 atom stereocenters. The van der Waals surface area contributed by atoms with Gasteiger partial charge in [0.15, 0.2) is 11.4 Å². The van der Waals surface area contributed by atoms with Gasteiger partial charge in [-0.2, -0.15) is 0 Å². The first kappa shape index (κ1) is 14.9. The molecule has 0 spiro atoms. The van der Waals surface area contributed by atoms with Crippen LogP contribution >= 0.6 is 0 Å². The number of aldehydes is 1. The summed E-state index contributed by atoms with van der Waals surface area (Å²) >= 11 is 0. The smallest absolute Gasteiger partial charge is 0.180 e. The van der Waals surface area contributed by atoms with E-state index in [1.165, 1.54) is 0 Å². The first-order valence-electron chi connectivity index (χ1n) is 8.04. The predicted molar refractivity (Wildman–Crippen MR) is 92.6 cm³/mol. The minimum Gasteiger partial charge on any atom is -0.378 e. The number of benzene rings is 2. The highest BCUT2D eigenvalue weighted by Crippen LogP contribution is 2.32. The Balaban J connectivity index is 1.76. The van der Waals surface area contributed by atoms with Gasteiger partial charge < -0.3 is 14.2 Å². The predicted octanol–water partition coefficient (Wildman–Crippen LogP) is 3.45. The van der Waals surface area contributed by atoms with E-state index in [9.17, 15) is 4.79 Å². The van der Waals surface area contributed by atoms with Gasteiger partial charge in [-0.15, -0.1) is 0 Å². The molecule has 0 N–H and O–H groups in total. The third-order valence-corrected chi connectivity index (χ3v) is 4.47. The Morgan fingerprint density at radius 1 is 1.12 bits per heavy atom. The monoisotopic (exact) mass is 322 g/mol. The highest BCUT2D eigenvalue weighted by Gasteiger charge is 2.18. The Kier molecular flexibility index (Phi) is 3.78. The van der Waals surface area contributed by atoms with Gasteiger partial charge >= 0.3 is 0 Å². The molecule has 0 bridgehead atoms. The molecule has 5 nitrogen and oxygen atoms in total. The van der Waals surface area contributed by atoms with Gasteiger partial charge in [-0.05, 0) is 41.8 Å². The summed E-state index contributed by atoms with van der Waals surface area (Å²) in [6.45, 7) is 5.11. The van der Waals surface area contributed by atoms with Gasteiger partial charge in [0.1, 0.15) is 6.29 Å². The summed E-state index contributed by atoms with van der Waals surface area (Å²) < 4.78 is 11.0. The van der Waals surface area contributed by atoms with E-state index in [1.807, 2.05) is 37.3 Å². The van der Waals surface area contributed by atoms with Gasteiger partial charge in [-0.25, -0.2) is 0 Å². The van der Waals surface area contributed by atoms with Crippen LogP contribution in [0.15, 0.2) is 40.9 Å². The number of ether oxygens (including phenoxy) is 1. The number of carbonyl (C=O) groups excluding carboxylic acids is 1. The fourth-order valence-corrected chi connectivity index (χ4v) is 3.12. The number of rotatable bonds is 3. The molecule has 0 aliphatic carbocycles. The molecule has 0 amide bonds. The van der Waals surface area contributed by atoms with Crippen LogP contribution in [0.3, 0.4) is 0 Å². The number of aromatic nitrogens is 1. The highest BCUT2D eigenvalue weighted by molar-refractivity contribution is 5.92. The maximum Gasteiger partial charge on any atom is 0.180 e. The highest BCUT2D eigenvalue weighted by atomic mass is 16.5. The zero-order valence-electron chi connectivity index (χ0n) is 13.5. The largest absolute Gasteiger partial charge is 0.378 e. The van der Waals surface area contributed by atoms with Crippen molar-refractivity contribution < 1.29 is 14.1 Å². The second-order valence-corrected chi connectivity index (χ2v) is 6.01. The summed E-state index contributed by atoms with van der Waals surface area (Å²) in [6.07, 6.45) is 0.868. The van der Waals surface area contributed by atoms with E-state index >= 15 is 0 Å². The van der Waals surface area contributed by atoms with Crippen LogP contribution < -0.4 is 4.90 Å². The Bertz CT molecular complexity index is 895. The number of nitrogens with zero attached hydrogens (tertiary/aromatic N) is 2. The van der Waals surface area contributed by atoms with Crippen LogP contribution in [0.5, 0.6) is 0 Å². The van der Waals surface area contributed by atoms with Crippen molar-refractivity contribution in [1.29, 1.82) is 0 Å². The van der Waals surface area contributed by atoms with Crippen molar-refractivity contribution in [3.05, 3.63) is 47.5 Å². The lowest BCUT2D eigenvalue weighted by atomic mass is 9.98. The van der Waals surface area contributed by atoms with Crippen LogP contribution in [-0.2, 0) is 4.74 Å². The molecule has 1 aromatic heterocycles. The zero-order chi connectivity index (χ0) is 16.5. The number of hydrogen-bond donors (Lipinski definition) is 0. The van der Waals surface area contributed by atoms with E-state index in [1.54, 1.807) is 0 Å². The number of hydrogen-bond acceptors (Lipinski definition) is 5. The van der Waals surface area contributed by atoms with Crippen LogP contribution in [0.4, 0.5) is 5.82 Å². The second kappa shape index (κ2) is 6.09. The standard InChI is InChI=1S/C19H18N2O3/c1-13-2-3-14(12-22)10-17(13)15-4-5-16-18(11-15)24-20-19(16)21-6-8-23-9-7-21/h2-5,10-12H,6-9H2,1H3. The molecule has 0 saturated carbocycles. The van der Waals surface area contributed by atoms with E-state index in [2.05, 4.69) is 16.1 Å². The molecule has 1 saturated heterocycles. The van der Waals surface area contributed by atoms with E-state index in [-0.39, 0.29) is 0 Å². The Labute approximate surface area is 139 Å². The summed E-state index contributed by atoms with van der Waals surface area (Å²) in [5.74, 6) is 0.873.